The van der Waals surface area contributed by atoms with E-state index in [2.05, 4.69) is 9.97 Å². The third-order valence-corrected chi connectivity index (χ3v) is 2.61. The van der Waals surface area contributed by atoms with Gasteiger partial charge in [-0.2, -0.15) is 0 Å². The smallest absolute Gasteiger partial charge is 0.172 e. The molecule has 0 aliphatic carbocycles. The van der Waals surface area contributed by atoms with Crippen molar-refractivity contribution in [3.05, 3.63) is 41.2 Å². The van der Waals surface area contributed by atoms with Crippen LogP contribution in [-0.4, -0.2) is 17.1 Å². The molecule has 0 atom stereocenters. The summed E-state index contributed by atoms with van der Waals surface area (Å²) < 4.78 is 19.1. The Morgan fingerprint density at radius 2 is 2.12 bits per heavy atom. The van der Waals surface area contributed by atoms with Crippen molar-refractivity contribution in [2.45, 2.75) is 6.92 Å². The molecule has 88 valence electrons. The van der Waals surface area contributed by atoms with Crippen LogP contribution in [0, 0.1) is 12.7 Å². The lowest BCUT2D eigenvalue weighted by Gasteiger charge is -2.10. The highest BCUT2D eigenvalue weighted by Gasteiger charge is 2.16. The number of rotatable bonds is 2. The standard InChI is InChI=1S/C12H10ClFN2O/c1-7-5-8(3-4-15-7)10-9(17-2)6-16-12(13)11(10)14/h3-6H,1-2H3. The van der Waals surface area contributed by atoms with Crippen molar-refractivity contribution >= 4 is 11.6 Å². The van der Waals surface area contributed by atoms with Gasteiger partial charge in [-0.3, -0.25) is 4.98 Å². The molecule has 2 aromatic rings. The van der Waals surface area contributed by atoms with Crippen LogP contribution in [-0.2, 0) is 0 Å². The maximum Gasteiger partial charge on any atom is 0.172 e. The first-order valence-electron chi connectivity index (χ1n) is 4.94. The highest BCUT2D eigenvalue weighted by atomic mass is 35.5. The van der Waals surface area contributed by atoms with Gasteiger partial charge in [-0.05, 0) is 24.6 Å². The second kappa shape index (κ2) is 4.67. The summed E-state index contributed by atoms with van der Waals surface area (Å²) >= 11 is 5.68. The van der Waals surface area contributed by atoms with E-state index >= 15 is 0 Å². The fraction of sp³-hybridized carbons (Fsp3) is 0.167. The van der Waals surface area contributed by atoms with Gasteiger partial charge in [0.1, 0.15) is 5.75 Å². The van der Waals surface area contributed by atoms with Crippen LogP contribution in [0.2, 0.25) is 5.15 Å². The van der Waals surface area contributed by atoms with Crippen molar-refractivity contribution < 1.29 is 9.13 Å². The Balaban J connectivity index is 2.69. The van der Waals surface area contributed by atoms with Crippen LogP contribution < -0.4 is 4.74 Å². The molecule has 17 heavy (non-hydrogen) atoms. The fourth-order valence-corrected chi connectivity index (χ4v) is 1.72. The minimum Gasteiger partial charge on any atom is -0.494 e. The molecule has 0 fully saturated rings. The predicted octanol–water partition coefficient (Wildman–Crippen LogP) is 3.25. The molecule has 0 saturated carbocycles. The van der Waals surface area contributed by atoms with E-state index in [-0.39, 0.29) is 5.15 Å². The van der Waals surface area contributed by atoms with Crippen molar-refractivity contribution in [1.29, 1.82) is 0 Å². The number of methoxy groups -OCH3 is 1. The van der Waals surface area contributed by atoms with Crippen molar-refractivity contribution in [3.8, 4) is 16.9 Å². The van der Waals surface area contributed by atoms with E-state index in [1.165, 1.54) is 13.3 Å². The summed E-state index contributed by atoms with van der Waals surface area (Å²) in [5, 5.41) is -0.171. The maximum absolute atomic E-state index is 14.0. The van der Waals surface area contributed by atoms with Gasteiger partial charge in [0.25, 0.3) is 0 Å². The summed E-state index contributed by atoms with van der Waals surface area (Å²) in [6, 6.07) is 3.46. The van der Waals surface area contributed by atoms with Crippen LogP contribution in [0.4, 0.5) is 4.39 Å². The van der Waals surface area contributed by atoms with E-state index in [1.54, 1.807) is 18.3 Å². The van der Waals surface area contributed by atoms with Gasteiger partial charge in [-0.15, -0.1) is 0 Å². The lowest BCUT2D eigenvalue weighted by Crippen LogP contribution is -1.95. The molecule has 0 N–H and O–H groups in total. The van der Waals surface area contributed by atoms with Gasteiger partial charge in [0.05, 0.1) is 18.9 Å². The topological polar surface area (TPSA) is 35.0 Å². The summed E-state index contributed by atoms with van der Waals surface area (Å²) in [7, 11) is 1.46. The zero-order valence-corrected chi connectivity index (χ0v) is 10.1. The van der Waals surface area contributed by atoms with E-state index in [1.807, 2.05) is 6.92 Å². The normalized spacial score (nSPS) is 10.4. The third kappa shape index (κ3) is 2.22. The molecule has 0 aliphatic rings. The van der Waals surface area contributed by atoms with Gasteiger partial charge in [0, 0.05) is 11.9 Å². The molecule has 0 unspecified atom stereocenters. The summed E-state index contributed by atoms with van der Waals surface area (Å²) in [4.78, 5) is 7.77. The van der Waals surface area contributed by atoms with Crippen molar-refractivity contribution in [1.82, 2.24) is 9.97 Å². The minimum absolute atomic E-state index is 0.171. The Hall–Kier alpha value is -1.68. The van der Waals surface area contributed by atoms with E-state index in [0.29, 0.717) is 16.9 Å². The summed E-state index contributed by atoms with van der Waals surface area (Å²) in [6.45, 7) is 1.83. The number of halogens is 2. The molecule has 5 heteroatoms. The highest BCUT2D eigenvalue weighted by molar-refractivity contribution is 6.29. The van der Waals surface area contributed by atoms with Gasteiger partial charge >= 0.3 is 0 Å². The summed E-state index contributed by atoms with van der Waals surface area (Å²) in [6.07, 6.45) is 3.01. The average Bonchev–Trinajstić information content (AvgIpc) is 2.32. The molecule has 0 radical (unpaired) electrons. The molecule has 0 saturated heterocycles. The number of ether oxygens (including phenoxy) is 1. The largest absolute Gasteiger partial charge is 0.494 e. The molecule has 0 amide bonds. The number of pyridine rings is 2. The molecule has 0 spiro atoms. The van der Waals surface area contributed by atoms with Gasteiger partial charge < -0.3 is 4.74 Å². The quantitative estimate of drug-likeness (QED) is 0.770. The van der Waals surface area contributed by atoms with E-state index < -0.39 is 5.82 Å². The first-order chi connectivity index (χ1) is 8.13. The SMILES string of the molecule is COc1cnc(Cl)c(F)c1-c1ccnc(C)c1. The molecule has 0 aromatic carbocycles. The number of aryl methyl sites for hydroxylation is 1. The van der Waals surface area contributed by atoms with Gasteiger partial charge in [0.2, 0.25) is 0 Å². The Morgan fingerprint density at radius 1 is 1.35 bits per heavy atom. The number of hydrogen-bond acceptors (Lipinski definition) is 3. The van der Waals surface area contributed by atoms with Crippen molar-refractivity contribution in [2.24, 2.45) is 0 Å². The fourth-order valence-electron chi connectivity index (χ4n) is 1.57. The molecular weight excluding hydrogens is 243 g/mol. The van der Waals surface area contributed by atoms with Gasteiger partial charge in [0.15, 0.2) is 11.0 Å². The van der Waals surface area contributed by atoms with Crippen molar-refractivity contribution in [3.63, 3.8) is 0 Å². The summed E-state index contributed by atoms with van der Waals surface area (Å²) in [5.74, 6) is -0.242. The Labute approximate surface area is 103 Å². The van der Waals surface area contributed by atoms with Crippen LogP contribution in [0.5, 0.6) is 5.75 Å². The molecular formula is C12H10ClFN2O. The number of aromatic nitrogens is 2. The lowest BCUT2D eigenvalue weighted by molar-refractivity contribution is 0.411. The molecule has 2 aromatic heterocycles. The van der Waals surface area contributed by atoms with Crippen LogP contribution >= 0.6 is 11.6 Å². The molecule has 2 rings (SSSR count). The molecule has 0 bridgehead atoms. The van der Waals surface area contributed by atoms with Crippen LogP contribution in [0.1, 0.15) is 5.69 Å². The number of hydrogen-bond donors (Lipinski definition) is 0. The Kier molecular flexibility index (Phi) is 3.24. The average molecular weight is 253 g/mol. The van der Waals surface area contributed by atoms with Gasteiger partial charge in [-0.1, -0.05) is 11.6 Å². The monoisotopic (exact) mass is 252 g/mol. The van der Waals surface area contributed by atoms with Crippen LogP contribution in [0.25, 0.3) is 11.1 Å². The second-order valence-corrected chi connectivity index (χ2v) is 3.85. The van der Waals surface area contributed by atoms with E-state index in [0.717, 1.165) is 5.69 Å². The second-order valence-electron chi connectivity index (χ2n) is 3.49. The summed E-state index contributed by atoms with van der Waals surface area (Å²) in [5.41, 5.74) is 1.76. The first-order valence-corrected chi connectivity index (χ1v) is 5.32. The maximum atomic E-state index is 14.0. The van der Waals surface area contributed by atoms with E-state index in [9.17, 15) is 4.39 Å². The highest BCUT2D eigenvalue weighted by Crippen LogP contribution is 2.34. The third-order valence-electron chi connectivity index (χ3n) is 2.35. The number of nitrogens with zero attached hydrogens (tertiary/aromatic N) is 2. The van der Waals surface area contributed by atoms with Crippen molar-refractivity contribution in [2.75, 3.05) is 7.11 Å². The van der Waals surface area contributed by atoms with Crippen LogP contribution in [0.3, 0.4) is 0 Å². The Bertz CT molecular complexity index is 560. The first kappa shape index (κ1) is 11.8. The van der Waals surface area contributed by atoms with Gasteiger partial charge in [-0.25, -0.2) is 9.37 Å². The zero-order chi connectivity index (χ0) is 12.4. The minimum atomic E-state index is -0.586. The predicted molar refractivity (Wildman–Crippen MR) is 63.7 cm³/mol. The molecule has 3 nitrogen and oxygen atoms in total. The molecule has 2 heterocycles. The Morgan fingerprint density at radius 3 is 2.76 bits per heavy atom. The van der Waals surface area contributed by atoms with Crippen LogP contribution in [0.15, 0.2) is 24.5 Å². The zero-order valence-electron chi connectivity index (χ0n) is 9.37. The van der Waals surface area contributed by atoms with E-state index in [4.69, 9.17) is 16.3 Å². The molecule has 0 aliphatic heterocycles. The lowest BCUT2D eigenvalue weighted by atomic mass is 10.1.